The Balaban J connectivity index is 2.06. The first-order chi connectivity index (χ1) is 15.3. The topological polar surface area (TPSA) is 103 Å². The molecule has 10 heteroatoms. The summed E-state index contributed by atoms with van der Waals surface area (Å²) >= 11 is 6.79. The highest BCUT2D eigenvalue weighted by atomic mass is 79.9. The number of rotatable bonds is 9. The summed E-state index contributed by atoms with van der Waals surface area (Å²) in [5.74, 6) is 0.121. The van der Waals surface area contributed by atoms with Crippen LogP contribution in [0.3, 0.4) is 0 Å². The number of aryl methyl sites for hydroxylation is 1. The molecule has 0 spiro atoms. The predicted octanol–water partition coefficient (Wildman–Crippen LogP) is 4.62. The molecule has 0 amide bonds. The Bertz CT molecular complexity index is 1240. The van der Waals surface area contributed by atoms with E-state index in [2.05, 4.69) is 41.9 Å². The van der Waals surface area contributed by atoms with Gasteiger partial charge in [-0.3, -0.25) is 4.79 Å². The zero-order valence-corrected chi connectivity index (χ0v) is 20.6. The van der Waals surface area contributed by atoms with Gasteiger partial charge in [0, 0.05) is 10.9 Å². The quantitative estimate of drug-likeness (QED) is 0.379. The Morgan fingerprint density at radius 2 is 2.00 bits per heavy atom. The normalized spacial score (nSPS) is 11.2. The van der Waals surface area contributed by atoms with Crippen LogP contribution in [-0.2, 0) is 11.2 Å². The lowest BCUT2D eigenvalue weighted by molar-refractivity contribution is -0.139. The van der Waals surface area contributed by atoms with E-state index in [1.165, 1.54) is 10.9 Å². The average Bonchev–Trinajstić information content (AvgIpc) is 2.74. The summed E-state index contributed by atoms with van der Waals surface area (Å²) in [5, 5.41) is 13.8. The Morgan fingerprint density at radius 1 is 1.22 bits per heavy atom. The summed E-state index contributed by atoms with van der Waals surface area (Å²) in [6.07, 6.45) is 2.92. The van der Waals surface area contributed by atoms with Crippen LogP contribution in [0.4, 0.5) is 0 Å². The summed E-state index contributed by atoms with van der Waals surface area (Å²) in [5.41, 5.74) is 0.989. The Kier molecular flexibility index (Phi) is 8.03. The molecule has 0 saturated carbocycles. The molecule has 0 bridgehead atoms. The van der Waals surface area contributed by atoms with Crippen LogP contribution in [-0.4, -0.2) is 40.2 Å². The monoisotopic (exact) mass is 565 g/mol. The largest absolute Gasteiger partial charge is 0.490 e. The van der Waals surface area contributed by atoms with Crippen molar-refractivity contribution in [3.05, 3.63) is 61.0 Å². The van der Waals surface area contributed by atoms with Gasteiger partial charge in [0.15, 0.2) is 18.1 Å². The number of halogens is 2. The van der Waals surface area contributed by atoms with E-state index in [1.54, 1.807) is 24.3 Å². The van der Waals surface area contributed by atoms with Gasteiger partial charge >= 0.3 is 5.97 Å². The van der Waals surface area contributed by atoms with Crippen LogP contribution in [0.15, 0.2) is 49.2 Å². The maximum Gasteiger partial charge on any atom is 0.341 e. The number of aromatic nitrogens is 2. The minimum absolute atomic E-state index is 0.262. The number of carbonyl (C=O) groups is 1. The molecule has 8 nitrogen and oxygen atoms in total. The molecule has 1 aromatic heterocycles. The highest BCUT2D eigenvalue weighted by molar-refractivity contribution is 9.10. The average molecular weight is 567 g/mol. The van der Waals surface area contributed by atoms with Gasteiger partial charge in [-0.1, -0.05) is 22.9 Å². The molecule has 0 saturated heterocycles. The molecule has 0 atom stereocenters. The molecule has 1 heterocycles. The van der Waals surface area contributed by atoms with Crippen LogP contribution in [0.2, 0.25) is 0 Å². The van der Waals surface area contributed by atoms with Crippen molar-refractivity contribution in [1.29, 1.82) is 0 Å². The number of carboxylic acid groups (broad SMARTS) is 1. The fourth-order valence-corrected chi connectivity index (χ4v) is 3.96. The van der Waals surface area contributed by atoms with Crippen LogP contribution in [0.5, 0.6) is 11.5 Å². The van der Waals surface area contributed by atoms with Gasteiger partial charge in [0.05, 0.1) is 28.2 Å². The second kappa shape index (κ2) is 10.7. The lowest BCUT2D eigenvalue weighted by Crippen LogP contribution is -2.22. The third-order valence-electron chi connectivity index (χ3n) is 4.34. The van der Waals surface area contributed by atoms with Crippen molar-refractivity contribution < 1.29 is 19.4 Å². The second-order valence-electron chi connectivity index (χ2n) is 6.75. The van der Waals surface area contributed by atoms with Gasteiger partial charge in [0.1, 0.15) is 5.82 Å². The number of ether oxygens (including phenoxy) is 2. The zero-order valence-electron chi connectivity index (χ0n) is 17.5. The second-order valence-corrected chi connectivity index (χ2v) is 8.52. The van der Waals surface area contributed by atoms with Crippen molar-refractivity contribution in [2.24, 2.45) is 5.10 Å². The lowest BCUT2D eigenvalue weighted by atomic mass is 10.2. The van der Waals surface area contributed by atoms with Crippen LogP contribution >= 0.6 is 31.9 Å². The van der Waals surface area contributed by atoms with E-state index >= 15 is 0 Å². The maximum atomic E-state index is 13.1. The summed E-state index contributed by atoms with van der Waals surface area (Å²) in [6, 6.07) is 8.75. The first-order valence-electron chi connectivity index (χ1n) is 9.90. The minimum Gasteiger partial charge on any atom is -0.490 e. The Hall–Kier alpha value is -2.72. The molecule has 3 aromatic rings. The van der Waals surface area contributed by atoms with Gasteiger partial charge < -0.3 is 14.6 Å². The zero-order chi connectivity index (χ0) is 23.3. The van der Waals surface area contributed by atoms with E-state index in [-0.39, 0.29) is 11.3 Å². The molecule has 0 unspecified atom stereocenters. The molecule has 0 aliphatic heterocycles. The molecule has 0 radical (unpaired) electrons. The summed E-state index contributed by atoms with van der Waals surface area (Å²) in [4.78, 5) is 28.6. The molecule has 3 rings (SSSR count). The van der Waals surface area contributed by atoms with Gasteiger partial charge in [-0.2, -0.15) is 9.78 Å². The van der Waals surface area contributed by atoms with Crippen molar-refractivity contribution in [2.45, 2.75) is 26.7 Å². The molecule has 0 fully saturated rings. The first-order valence-corrected chi connectivity index (χ1v) is 11.5. The fraction of sp³-hybridized carbons (Fsp3) is 0.273. The maximum absolute atomic E-state index is 13.1. The van der Waals surface area contributed by atoms with Crippen molar-refractivity contribution in [3.8, 4) is 11.5 Å². The SMILES string of the molecule is CCCc1nc2ccc(Br)cc2c(=O)n1N=Cc1cc(Br)c(OCC(=O)O)c(OCC)c1. The number of aliphatic carboxylic acids is 1. The number of hydrogen-bond acceptors (Lipinski definition) is 6. The molecule has 0 aliphatic carbocycles. The number of hydrogen-bond donors (Lipinski definition) is 1. The van der Waals surface area contributed by atoms with Gasteiger partial charge in [0.25, 0.3) is 5.56 Å². The van der Waals surface area contributed by atoms with Crippen LogP contribution < -0.4 is 15.0 Å². The third-order valence-corrected chi connectivity index (χ3v) is 5.43. The van der Waals surface area contributed by atoms with Crippen molar-refractivity contribution in [3.63, 3.8) is 0 Å². The number of nitrogens with zero attached hydrogens (tertiary/aromatic N) is 3. The van der Waals surface area contributed by atoms with Gasteiger partial charge in [-0.25, -0.2) is 9.78 Å². The number of carboxylic acids is 1. The van der Waals surface area contributed by atoms with E-state index in [1.807, 2.05) is 19.9 Å². The van der Waals surface area contributed by atoms with Gasteiger partial charge in [-0.15, -0.1) is 0 Å². The Labute approximate surface area is 201 Å². The van der Waals surface area contributed by atoms with Crippen molar-refractivity contribution in [1.82, 2.24) is 9.66 Å². The molecular formula is C22H21Br2N3O5. The molecule has 168 valence electrons. The van der Waals surface area contributed by atoms with E-state index in [0.717, 1.165) is 10.9 Å². The number of benzene rings is 2. The van der Waals surface area contributed by atoms with E-state index in [4.69, 9.17) is 14.6 Å². The third kappa shape index (κ3) is 5.55. The predicted molar refractivity (Wildman–Crippen MR) is 129 cm³/mol. The van der Waals surface area contributed by atoms with Crippen LogP contribution in [0, 0.1) is 0 Å². The van der Waals surface area contributed by atoms with E-state index in [0.29, 0.717) is 45.5 Å². The van der Waals surface area contributed by atoms with Crippen molar-refractivity contribution in [2.75, 3.05) is 13.2 Å². The van der Waals surface area contributed by atoms with Crippen LogP contribution in [0.25, 0.3) is 10.9 Å². The van der Waals surface area contributed by atoms with Gasteiger partial charge in [-0.05, 0) is 65.2 Å². The van der Waals surface area contributed by atoms with Gasteiger partial charge in [0.2, 0.25) is 0 Å². The molecular weight excluding hydrogens is 546 g/mol. The van der Waals surface area contributed by atoms with Crippen LogP contribution in [0.1, 0.15) is 31.7 Å². The highest BCUT2D eigenvalue weighted by Gasteiger charge is 2.14. The Morgan fingerprint density at radius 3 is 2.69 bits per heavy atom. The van der Waals surface area contributed by atoms with E-state index < -0.39 is 12.6 Å². The molecule has 32 heavy (non-hydrogen) atoms. The van der Waals surface area contributed by atoms with E-state index in [9.17, 15) is 9.59 Å². The molecule has 0 aliphatic rings. The minimum atomic E-state index is -1.09. The summed E-state index contributed by atoms with van der Waals surface area (Å²) < 4.78 is 13.5. The molecule has 2 aromatic carbocycles. The standard InChI is InChI=1S/C22H21Br2N3O5/c1-3-5-19-26-17-7-6-14(23)10-15(17)22(30)27(19)25-11-13-8-16(24)21(32-12-20(28)29)18(9-13)31-4-2/h6-11H,3-5,12H2,1-2H3,(H,28,29). The van der Waals surface area contributed by atoms with Crippen molar-refractivity contribution >= 4 is 54.9 Å². The molecule has 1 N–H and O–H groups in total. The first kappa shape index (κ1) is 23.9. The fourth-order valence-electron chi connectivity index (χ4n) is 3.02. The summed E-state index contributed by atoms with van der Waals surface area (Å²) in [7, 11) is 0. The smallest absolute Gasteiger partial charge is 0.341 e. The number of fused-ring (bicyclic) bond motifs is 1. The lowest BCUT2D eigenvalue weighted by Gasteiger charge is -2.13. The highest BCUT2D eigenvalue weighted by Crippen LogP contribution is 2.36. The summed E-state index contributed by atoms with van der Waals surface area (Å²) in [6.45, 7) is 3.68.